The lowest BCUT2D eigenvalue weighted by atomic mass is 9.96. The number of hydrogen-bond donors (Lipinski definition) is 2. The summed E-state index contributed by atoms with van der Waals surface area (Å²) in [5.41, 5.74) is 5.29. The van der Waals surface area contributed by atoms with Gasteiger partial charge in [-0.15, -0.1) is 0 Å². The monoisotopic (exact) mass is 198 g/mol. The van der Waals surface area contributed by atoms with Crippen molar-refractivity contribution in [3.63, 3.8) is 0 Å². The van der Waals surface area contributed by atoms with Crippen LogP contribution in [0.25, 0.3) is 0 Å². The third-order valence-corrected chi connectivity index (χ3v) is 3.36. The minimum absolute atomic E-state index is 0.0799. The molecule has 4 nitrogen and oxygen atoms in total. The van der Waals surface area contributed by atoms with E-state index in [-0.39, 0.29) is 17.9 Å². The van der Waals surface area contributed by atoms with Crippen LogP contribution in [-0.2, 0) is 4.79 Å². The van der Waals surface area contributed by atoms with Crippen molar-refractivity contribution in [2.75, 3.05) is 13.1 Å². The first kappa shape index (κ1) is 9.93. The fraction of sp³-hybridized carbons (Fsp3) is 0.900. The third kappa shape index (κ3) is 1.64. The predicted octanol–water partition coefficient (Wildman–Crippen LogP) is -0.293. The summed E-state index contributed by atoms with van der Waals surface area (Å²) in [4.78, 5) is 13.7. The van der Waals surface area contributed by atoms with Gasteiger partial charge in [0.25, 0.3) is 0 Å². The lowest BCUT2D eigenvalue weighted by molar-refractivity contribution is -0.137. The number of likely N-dealkylation sites (tertiary alicyclic amines) is 1. The summed E-state index contributed by atoms with van der Waals surface area (Å²) in [7, 11) is 0. The van der Waals surface area contributed by atoms with Gasteiger partial charge in [0.2, 0.25) is 5.91 Å². The Hall–Kier alpha value is -0.610. The summed E-state index contributed by atoms with van der Waals surface area (Å²) in [5, 5.41) is 9.53. The molecule has 0 aromatic rings. The van der Waals surface area contributed by atoms with Crippen LogP contribution in [0.4, 0.5) is 0 Å². The quantitative estimate of drug-likeness (QED) is 0.608. The molecular weight excluding hydrogens is 180 g/mol. The molecule has 0 radical (unpaired) electrons. The van der Waals surface area contributed by atoms with E-state index in [4.69, 9.17) is 5.73 Å². The first-order valence-electron chi connectivity index (χ1n) is 5.29. The first-order chi connectivity index (χ1) is 6.53. The van der Waals surface area contributed by atoms with Crippen LogP contribution in [0.3, 0.4) is 0 Å². The standard InChI is InChI=1S/C10H18N2O2/c1-7-6-12(5-2-8(7)13)9(14)10(11)3-4-10/h7-8,13H,2-6,11H2,1H3. The van der Waals surface area contributed by atoms with Gasteiger partial charge in [0.1, 0.15) is 0 Å². The van der Waals surface area contributed by atoms with Crippen LogP contribution in [0.2, 0.25) is 0 Å². The number of carbonyl (C=O) groups is 1. The van der Waals surface area contributed by atoms with Crippen LogP contribution >= 0.6 is 0 Å². The highest BCUT2D eigenvalue weighted by Gasteiger charge is 2.48. The molecule has 1 amide bonds. The minimum atomic E-state index is -0.554. The Bertz CT molecular complexity index is 251. The van der Waals surface area contributed by atoms with Gasteiger partial charge in [-0.05, 0) is 25.2 Å². The Morgan fingerprint density at radius 2 is 2.21 bits per heavy atom. The maximum atomic E-state index is 11.9. The minimum Gasteiger partial charge on any atom is -0.393 e. The first-order valence-corrected chi connectivity index (χ1v) is 5.29. The largest absolute Gasteiger partial charge is 0.393 e. The van der Waals surface area contributed by atoms with E-state index in [1.54, 1.807) is 0 Å². The van der Waals surface area contributed by atoms with Gasteiger partial charge in [-0.3, -0.25) is 4.79 Å². The van der Waals surface area contributed by atoms with E-state index in [9.17, 15) is 9.90 Å². The summed E-state index contributed by atoms with van der Waals surface area (Å²) in [5.74, 6) is 0.256. The number of rotatable bonds is 1. The molecule has 1 heterocycles. The second kappa shape index (κ2) is 3.21. The average Bonchev–Trinajstić information content (AvgIpc) is 2.89. The van der Waals surface area contributed by atoms with Crippen molar-refractivity contribution in [1.82, 2.24) is 4.90 Å². The number of nitrogens with two attached hydrogens (primary N) is 1. The molecule has 0 aromatic heterocycles. The van der Waals surface area contributed by atoms with Crippen molar-refractivity contribution >= 4 is 5.91 Å². The number of amides is 1. The molecule has 2 fully saturated rings. The van der Waals surface area contributed by atoms with Crippen LogP contribution < -0.4 is 5.73 Å². The second-order valence-corrected chi connectivity index (χ2v) is 4.74. The van der Waals surface area contributed by atoms with E-state index in [0.29, 0.717) is 19.5 Å². The van der Waals surface area contributed by atoms with Crippen molar-refractivity contribution < 1.29 is 9.90 Å². The Morgan fingerprint density at radius 3 is 2.71 bits per heavy atom. The Morgan fingerprint density at radius 1 is 1.57 bits per heavy atom. The highest BCUT2D eigenvalue weighted by molar-refractivity contribution is 5.89. The summed E-state index contributed by atoms with van der Waals surface area (Å²) >= 11 is 0. The summed E-state index contributed by atoms with van der Waals surface area (Å²) in [6, 6.07) is 0. The Labute approximate surface area is 84.1 Å². The molecule has 2 aliphatic rings. The van der Waals surface area contributed by atoms with Crippen molar-refractivity contribution in [2.45, 2.75) is 37.8 Å². The van der Waals surface area contributed by atoms with E-state index >= 15 is 0 Å². The molecule has 0 bridgehead atoms. The molecule has 3 N–H and O–H groups in total. The van der Waals surface area contributed by atoms with Crippen molar-refractivity contribution in [3.8, 4) is 0 Å². The van der Waals surface area contributed by atoms with Gasteiger partial charge in [0.05, 0.1) is 11.6 Å². The molecule has 1 aliphatic carbocycles. The molecular formula is C10H18N2O2. The SMILES string of the molecule is CC1CN(C(=O)C2(N)CC2)CCC1O. The van der Waals surface area contributed by atoms with Crippen molar-refractivity contribution in [3.05, 3.63) is 0 Å². The van der Waals surface area contributed by atoms with Crippen LogP contribution in [0.15, 0.2) is 0 Å². The fourth-order valence-electron chi connectivity index (χ4n) is 1.98. The second-order valence-electron chi connectivity index (χ2n) is 4.74. The number of nitrogens with zero attached hydrogens (tertiary/aromatic N) is 1. The zero-order valence-electron chi connectivity index (χ0n) is 8.57. The molecule has 14 heavy (non-hydrogen) atoms. The van der Waals surface area contributed by atoms with E-state index in [1.807, 2.05) is 11.8 Å². The summed E-state index contributed by atoms with van der Waals surface area (Å²) in [6.07, 6.45) is 2.06. The summed E-state index contributed by atoms with van der Waals surface area (Å²) < 4.78 is 0. The molecule has 2 rings (SSSR count). The number of piperidine rings is 1. The van der Waals surface area contributed by atoms with E-state index in [1.165, 1.54) is 0 Å². The normalized spacial score (nSPS) is 35.5. The van der Waals surface area contributed by atoms with Crippen molar-refractivity contribution in [2.24, 2.45) is 11.7 Å². The highest BCUT2D eigenvalue weighted by Crippen LogP contribution is 2.35. The van der Waals surface area contributed by atoms with Crippen LogP contribution in [0.1, 0.15) is 26.2 Å². The van der Waals surface area contributed by atoms with Gasteiger partial charge in [-0.1, -0.05) is 6.92 Å². The van der Waals surface area contributed by atoms with Gasteiger partial charge in [-0.2, -0.15) is 0 Å². The maximum absolute atomic E-state index is 11.9. The third-order valence-electron chi connectivity index (χ3n) is 3.36. The van der Waals surface area contributed by atoms with Gasteiger partial charge in [0, 0.05) is 13.1 Å². The number of hydrogen-bond acceptors (Lipinski definition) is 3. The molecule has 0 spiro atoms. The molecule has 2 atom stereocenters. The zero-order chi connectivity index (χ0) is 10.3. The molecule has 1 saturated heterocycles. The Balaban J connectivity index is 1.96. The molecule has 4 heteroatoms. The molecule has 2 unspecified atom stereocenters. The highest BCUT2D eigenvalue weighted by atomic mass is 16.3. The number of aliphatic hydroxyl groups is 1. The van der Waals surface area contributed by atoms with Gasteiger partial charge < -0.3 is 15.7 Å². The van der Waals surface area contributed by atoms with Crippen LogP contribution in [0.5, 0.6) is 0 Å². The lowest BCUT2D eigenvalue weighted by Gasteiger charge is -2.35. The lowest BCUT2D eigenvalue weighted by Crippen LogP contribution is -2.51. The number of aliphatic hydroxyl groups excluding tert-OH is 1. The van der Waals surface area contributed by atoms with E-state index in [0.717, 1.165) is 12.8 Å². The van der Waals surface area contributed by atoms with Gasteiger partial charge in [0.15, 0.2) is 0 Å². The molecule has 1 aliphatic heterocycles. The van der Waals surface area contributed by atoms with Crippen molar-refractivity contribution in [1.29, 1.82) is 0 Å². The average molecular weight is 198 g/mol. The molecule has 80 valence electrons. The van der Waals surface area contributed by atoms with Gasteiger partial charge >= 0.3 is 0 Å². The summed E-state index contributed by atoms with van der Waals surface area (Å²) in [6.45, 7) is 3.28. The molecule has 0 aromatic carbocycles. The zero-order valence-corrected chi connectivity index (χ0v) is 8.57. The van der Waals surface area contributed by atoms with Crippen LogP contribution in [-0.4, -0.2) is 40.6 Å². The molecule has 1 saturated carbocycles. The van der Waals surface area contributed by atoms with E-state index in [2.05, 4.69) is 0 Å². The topological polar surface area (TPSA) is 66.6 Å². The van der Waals surface area contributed by atoms with E-state index < -0.39 is 5.54 Å². The Kier molecular flexibility index (Phi) is 2.27. The predicted molar refractivity (Wildman–Crippen MR) is 52.5 cm³/mol. The maximum Gasteiger partial charge on any atom is 0.242 e. The smallest absolute Gasteiger partial charge is 0.242 e. The number of carbonyl (C=O) groups excluding carboxylic acids is 1. The van der Waals surface area contributed by atoms with Gasteiger partial charge in [-0.25, -0.2) is 0 Å². The van der Waals surface area contributed by atoms with Crippen LogP contribution in [0, 0.1) is 5.92 Å². The fourth-order valence-corrected chi connectivity index (χ4v) is 1.98.